The molecule has 0 spiro atoms. The number of sulfone groups is 1. The van der Waals surface area contributed by atoms with E-state index in [-0.39, 0.29) is 35.8 Å². The van der Waals surface area contributed by atoms with Crippen LogP contribution in [-0.2, 0) is 33.4 Å². The third kappa shape index (κ3) is 6.83. The molecule has 2 heterocycles. The highest BCUT2D eigenvalue weighted by atomic mass is 32.2. The van der Waals surface area contributed by atoms with Crippen molar-refractivity contribution in [1.82, 2.24) is 14.5 Å². The van der Waals surface area contributed by atoms with Crippen molar-refractivity contribution in [2.45, 2.75) is 42.9 Å². The number of carbonyl (C=O) groups excluding carboxylic acids is 1. The van der Waals surface area contributed by atoms with Crippen LogP contribution in [0.2, 0.25) is 0 Å². The van der Waals surface area contributed by atoms with Crippen molar-refractivity contribution in [3.63, 3.8) is 0 Å². The number of hydrogen-bond acceptors (Lipinski definition) is 6. The van der Waals surface area contributed by atoms with Crippen LogP contribution < -0.4 is 4.74 Å². The van der Waals surface area contributed by atoms with Crippen LogP contribution in [0, 0.1) is 5.82 Å². The van der Waals surface area contributed by atoms with Crippen LogP contribution in [0.5, 0.6) is 5.75 Å². The number of imidazole rings is 1. The minimum Gasteiger partial charge on any atom is -0.497 e. The molecule has 1 unspecified atom stereocenters. The number of amides is 1. The fourth-order valence-corrected chi connectivity index (χ4v) is 6.48. The Bertz CT molecular complexity index is 1600. The zero-order chi connectivity index (χ0) is 28.8. The van der Waals surface area contributed by atoms with Crippen molar-refractivity contribution in [2.75, 3.05) is 20.3 Å². The lowest BCUT2D eigenvalue weighted by Crippen LogP contribution is -2.37. The second-order valence-electron chi connectivity index (χ2n) is 10.0. The molecular weight excluding hydrogens is 545 g/mol. The Morgan fingerprint density at radius 1 is 1.10 bits per heavy atom. The Balaban J connectivity index is 1.52. The van der Waals surface area contributed by atoms with Crippen LogP contribution >= 0.6 is 0 Å². The van der Waals surface area contributed by atoms with Crippen molar-refractivity contribution >= 4 is 15.7 Å². The van der Waals surface area contributed by atoms with Gasteiger partial charge >= 0.3 is 0 Å². The molecule has 4 aromatic rings. The van der Waals surface area contributed by atoms with Crippen LogP contribution in [0.3, 0.4) is 0 Å². The van der Waals surface area contributed by atoms with Gasteiger partial charge in [-0.25, -0.2) is 17.8 Å². The van der Waals surface area contributed by atoms with Crippen molar-refractivity contribution in [3.05, 3.63) is 113 Å². The third-order valence-corrected chi connectivity index (χ3v) is 8.64. The fourth-order valence-electron chi connectivity index (χ4n) is 4.97. The van der Waals surface area contributed by atoms with Crippen LogP contribution in [0.15, 0.2) is 90.2 Å². The standard InChI is InChI=1S/C31H32FN3O5S/c1-39-27-13-7-12-24(17-27)30(36)34(21-28-14-8-16-40-28)20-26-18-33-31(35(26)19-23-9-3-2-4-10-23)41(37,38)22-25-11-5-6-15-29(25)32/h2-7,9-13,15,17-18,28H,8,14,16,19-22H2,1H3. The molecule has 1 saturated heterocycles. The zero-order valence-electron chi connectivity index (χ0n) is 22.8. The molecule has 1 aliphatic heterocycles. The number of carbonyl (C=O) groups is 1. The van der Waals surface area contributed by atoms with Gasteiger partial charge in [-0.2, -0.15) is 0 Å². The highest BCUT2D eigenvalue weighted by Gasteiger charge is 2.29. The van der Waals surface area contributed by atoms with Gasteiger partial charge < -0.3 is 18.9 Å². The van der Waals surface area contributed by atoms with Gasteiger partial charge in [-0.3, -0.25) is 4.79 Å². The summed E-state index contributed by atoms with van der Waals surface area (Å²) in [5.74, 6) is -0.803. The summed E-state index contributed by atoms with van der Waals surface area (Å²) in [6.07, 6.45) is 3.10. The first-order valence-corrected chi connectivity index (χ1v) is 15.1. The molecule has 1 aliphatic rings. The number of benzene rings is 3. The number of methoxy groups -OCH3 is 1. The summed E-state index contributed by atoms with van der Waals surface area (Å²) in [6.45, 7) is 1.29. The van der Waals surface area contributed by atoms with E-state index in [1.54, 1.807) is 46.9 Å². The summed E-state index contributed by atoms with van der Waals surface area (Å²) in [6, 6.07) is 22.1. The topological polar surface area (TPSA) is 90.7 Å². The molecule has 0 N–H and O–H groups in total. The molecule has 0 aliphatic carbocycles. The van der Waals surface area contributed by atoms with Crippen molar-refractivity contribution in [1.29, 1.82) is 0 Å². The molecule has 214 valence electrons. The number of rotatable bonds is 11. The van der Waals surface area contributed by atoms with Gasteiger partial charge in [0.15, 0.2) is 0 Å². The van der Waals surface area contributed by atoms with Crippen LogP contribution in [-0.4, -0.2) is 55.1 Å². The summed E-state index contributed by atoms with van der Waals surface area (Å²) in [4.78, 5) is 19.8. The molecule has 8 nitrogen and oxygen atoms in total. The van der Waals surface area contributed by atoms with Gasteiger partial charge in [-0.15, -0.1) is 0 Å². The maximum absolute atomic E-state index is 14.4. The van der Waals surface area contributed by atoms with Gasteiger partial charge in [-0.05, 0) is 42.7 Å². The van der Waals surface area contributed by atoms with E-state index in [1.807, 2.05) is 30.3 Å². The van der Waals surface area contributed by atoms with Crippen molar-refractivity contribution < 1.29 is 27.1 Å². The molecule has 41 heavy (non-hydrogen) atoms. The molecule has 0 radical (unpaired) electrons. The normalized spacial score (nSPS) is 15.1. The first-order chi connectivity index (χ1) is 19.8. The van der Waals surface area contributed by atoms with E-state index in [0.717, 1.165) is 18.4 Å². The number of ether oxygens (including phenoxy) is 2. The maximum Gasteiger partial charge on any atom is 0.254 e. The van der Waals surface area contributed by atoms with Crippen LogP contribution in [0.4, 0.5) is 4.39 Å². The first-order valence-electron chi connectivity index (χ1n) is 13.4. The Morgan fingerprint density at radius 2 is 1.88 bits per heavy atom. The summed E-state index contributed by atoms with van der Waals surface area (Å²) in [5, 5.41) is -0.175. The van der Waals surface area contributed by atoms with Crippen molar-refractivity contribution in [3.8, 4) is 5.75 Å². The highest BCUT2D eigenvalue weighted by molar-refractivity contribution is 7.90. The molecule has 3 aromatic carbocycles. The lowest BCUT2D eigenvalue weighted by atomic mass is 10.1. The second-order valence-corrected chi connectivity index (χ2v) is 11.9. The van der Waals surface area contributed by atoms with Crippen molar-refractivity contribution in [2.24, 2.45) is 0 Å². The largest absolute Gasteiger partial charge is 0.497 e. The molecule has 5 rings (SSSR count). The number of aromatic nitrogens is 2. The summed E-state index contributed by atoms with van der Waals surface area (Å²) in [7, 11) is -2.50. The van der Waals surface area contributed by atoms with E-state index in [9.17, 15) is 17.6 Å². The van der Waals surface area contributed by atoms with Gasteiger partial charge in [0.1, 0.15) is 11.6 Å². The Morgan fingerprint density at radius 3 is 2.61 bits per heavy atom. The fraction of sp³-hybridized carbons (Fsp3) is 0.290. The molecule has 10 heteroatoms. The average molecular weight is 578 g/mol. The summed E-state index contributed by atoms with van der Waals surface area (Å²) >= 11 is 0. The monoisotopic (exact) mass is 577 g/mol. The smallest absolute Gasteiger partial charge is 0.254 e. The Hall–Kier alpha value is -4.02. The van der Waals surface area contributed by atoms with E-state index in [0.29, 0.717) is 30.2 Å². The van der Waals surface area contributed by atoms with Gasteiger partial charge in [-0.1, -0.05) is 54.6 Å². The van der Waals surface area contributed by atoms with Gasteiger partial charge in [0, 0.05) is 24.3 Å². The number of nitrogens with zero attached hydrogens (tertiary/aromatic N) is 3. The van der Waals surface area contributed by atoms with Crippen LogP contribution in [0.25, 0.3) is 0 Å². The highest BCUT2D eigenvalue weighted by Crippen LogP contribution is 2.24. The molecule has 0 saturated carbocycles. The minimum atomic E-state index is -4.04. The van der Waals surface area contributed by atoms with E-state index in [1.165, 1.54) is 24.4 Å². The van der Waals surface area contributed by atoms with Gasteiger partial charge in [0.2, 0.25) is 15.0 Å². The van der Waals surface area contributed by atoms with E-state index < -0.39 is 21.4 Å². The number of hydrogen-bond donors (Lipinski definition) is 0. The average Bonchev–Trinajstić information content (AvgIpc) is 3.64. The molecule has 1 aromatic heterocycles. The quantitative estimate of drug-likeness (QED) is 0.253. The Kier molecular flexibility index (Phi) is 8.80. The number of halogens is 1. The predicted octanol–water partition coefficient (Wildman–Crippen LogP) is 4.87. The molecule has 1 fully saturated rings. The first kappa shape index (κ1) is 28.5. The predicted molar refractivity (Wildman–Crippen MR) is 152 cm³/mol. The lowest BCUT2D eigenvalue weighted by Gasteiger charge is -2.26. The summed E-state index contributed by atoms with van der Waals surface area (Å²) in [5.41, 5.74) is 1.91. The molecule has 1 atom stereocenters. The van der Waals surface area contributed by atoms with E-state index >= 15 is 0 Å². The zero-order valence-corrected chi connectivity index (χ0v) is 23.6. The summed E-state index contributed by atoms with van der Waals surface area (Å²) < 4.78 is 54.4. The third-order valence-electron chi connectivity index (χ3n) is 7.07. The molecule has 0 bridgehead atoms. The van der Waals surface area contributed by atoms with Crippen LogP contribution in [0.1, 0.15) is 40.0 Å². The Labute approximate surface area is 239 Å². The van der Waals surface area contributed by atoms with E-state index in [4.69, 9.17) is 9.47 Å². The lowest BCUT2D eigenvalue weighted by molar-refractivity contribution is 0.0501. The minimum absolute atomic E-state index is 0.0662. The SMILES string of the molecule is COc1cccc(C(=O)N(Cc2cnc(S(=O)(=O)Cc3ccccc3F)n2Cc2ccccc2)CC2CCCO2)c1. The van der Waals surface area contributed by atoms with Gasteiger partial charge in [0.05, 0.1) is 43.9 Å². The van der Waals surface area contributed by atoms with E-state index in [2.05, 4.69) is 4.98 Å². The molecule has 1 amide bonds. The second kappa shape index (κ2) is 12.7. The molecular formula is C31H32FN3O5S. The maximum atomic E-state index is 14.4. The van der Waals surface area contributed by atoms with Gasteiger partial charge in [0.25, 0.3) is 5.91 Å².